The predicted molar refractivity (Wildman–Crippen MR) is 109 cm³/mol. The number of morpholine rings is 1. The van der Waals surface area contributed by atoms with Gasteiger partial charge < -0.3 is 24.6 Å². The van der Waals surface area contributed by atoms with Crippen LogP contribution in [0, 0.1) is 6.92 Å². The molecule has 3 aliphatic rings. The molecule has 0 bridgehead atoms. The number of nitrogens with zero attached hydrogens (tertiary/aromatic N) is 2. The zero-order valence-corrected chi connectivity index (χ0v) is 18.0. The lowest BCUT2D eigenvalue weighted by atomic mass is 10.0. The second-order valence-corrected chi connectivity index (χ2v) is 8.69. The third kappa shape index (κ3) is 5.17. The summed E-state index contributed by atoms with van der Waals surface area (Å²) in [4.78, 5) is 28.0. The number of benzene rings is 1. The number of nitrogens with one attached hydrogen (secondary N) is 1. The van der Waals surface area contributed by atoms with Gasteiger partial charge in [0.05, 0.1) is 30.4 Å². The molecule has 0 unspecified atom stereocenters. The third-order valence-electron chi connectivity index (χ3n) is 6.40. The average Bonchev–Trinajstić information content (AvgIpc) is 2.77. The molecule has 3 fully saturated rings. The number of fused-ring (bicyclic) bond motifs is 1. The second kappa shape index (κ2) is 9.27. The third-order valence-corrected chi connectivity index (χ3v) is 6.40. The largest absolute Gasteiger partial charge is 0.416 e. The van der Waals surface area contributed by atoms with E-state index >= 15 is 0 Å². The van der Waals surface area contributed by atoms with Crippen LogP contribution < -0.4 is 5.32 Å². The number of carbonyl (C=O) groups is 2. The van der Waals surface area contributed by atoms with Gasteiger partial charge in [0.1, 0.15) is 6.61 Å². The fourth-order valence-corrected chi connectivity index (χ4v) is 4.57. The zero-order chi connectivity index (χ0) is 22.9. The normalized spacial score (nSPS) is 24.8. The van der Waals surface area contributed by atoms with E-state index in [4.69, 9.17) is 9.47 Å². The molecule has 0 aliphatic carbocycles. The van der Waals surface area contributed by atoms with Crippen LogP contribution in [-0.4, -0.2) is 72.8 Å². The smallest absolute Gasteiger partial charge is 0.373 e. The summed E-state index contributed by atoms with van der Waals surface area (Å²) < 4.78 is 50.7. The maximum atomic E-state index is 13.1. The van der Waals surface area contributed by atoms with Crippen molar-refractivity contribution in [2.45, 2.75) is 57.2 Å². The van der Waals surface area contributed by atoms with E-state index in [1.54, 1.807) is 15.9 Å². The highest BCUT2D eigenvalue weighted by Gasteiger charge is 2.38. The van der Waals surface area contributed by atoms with E-state index in [0.29, 0.717) is 51.0 Å². The van der Waals surface area contributed by atoms with Crippen LogP contribution in [0.15, 0.2) is 18.2 Å². The molecule has 1 N–H and O–H groups in total. The number of urea groups is 1. The lowest BCUT2D eigenvalue weighted by Gasteiger charge is -2.43. The lowest BCUT2D eigenvalue weighted by molar-refractivity contribution is -0.140. The van der Waals surface area contributed by atoms with E-state index in [9.17, 15) is 22.8 Å². The number of amides is 3. The standard InChI is InChI=1S/C22H28F3N3O4/c1-14-2-3-15(10-17(14)22(23,24)25)12-31-16-4-7-27(8-5-16)21(30)28-9-6-19-18(11-28)26-20(29)13-32-19/h2-3,10,16,18-19H,4-9,11-13H2,1H3,(H,26,29)/t18-,19+/m1/s1. The van der Waals surface area contributed by atoms with Gasteiger partial charge in [0.25, 0.3) is 0 Å². The lowest BCUT2D eigenvalue weighted by Crippen LogP contribution is -2.62. The summed E-state index contributed by atoms with van der Waals surface area (Å²) in [6, 6.07) is 4.03. The van der Waals surface area contributed by atoms with Gasteiger partial charge in [-0.3, -0.25) is 4.79 Å². The van der Waals surface area contributed by atoms with Gasteiger partial charge in [0.2, 0.25) is 5.91 Å². The summed E-state index contributed by atoms with van der Waals surface area (Å²) in [6.07, 6.45) is -2.59. The quantitative estimate of drug-likeness (QED) is 0.761. The number of piperidine rings is 2. The van der Waals surface area contributed by atoms with Crippen molar-refractivity contribution in [2.24, 2.45) is 0 Å². The molecule has 0 spiro atoms. The van der Waals surface area contributed by atoms with Gasteiger partial charge in [-0.25, -0.2) is 4.79 Å². The van der Waals surface area contributed by atoms with Crippen LogP contribution in [-0.2, 0) is 27.1 Å². The van der Waals surface area contributed by atoms with Crippen molar-refractivity contribution < 1.29 is 32.2 Å². The van der Waals surface area contributed by atoms with Crippen LogP contribution in [0.3, 0.4) is 0 Å². The molecule has 0 radical (unpaired) electrons. The Labute approximate surface area is 184 Å². The van der Waals surface area contributed by atoms with Crippen LogP contribution in [0.5, 0.6) is 0 Å². The molecule has 3 saturated heterocycles. The highest BCUT2D eigenvalue weighted by molar-refractivity contribution is 5.79. The molecule has 176 valence electrons. The predicted octanol–water partition coefficient (Wildman–Crippen LogP) is 2.70. The maximum Gasteiger partial charge on any atom is 0.416 e. The molecule has 32 heavy (non-hydrogen) atoms. The van der Waals surface area contributed by atoms with Crippen molar-refractivity contribution in [3.05, 3.63) is 34.9 Å². The minimum atomic E-state index is -4.38. The van der Waals surface area contributed by atoms with E-state index in [-0.39, 0.29) is 49.0 Å². The van der Waals surface area contributed by atoms with Gasteiger partial charge in [-0.15, -0.1) is 0 Å². The van der Waals surface area contributed by atoms with Crippen LogP contribution in [0.2, 0.25) is 0 Å². The van der Waals surface area contributed by atoms with Gasteiger partial charge in [0, 0.05) is 26.2 Å². The topological polar surface area (TPSA) is 71.1 Å². The van der Waals surface area contributed by atoms with Gasteiger partial charge in [0.15, 0.2) is 0 Å². The minimum absolute atomic E-state index is 0.0458. The Bertz CT molecular complexity index is 855. The van der Waals surface area contributed by atoms with Crippen molar-refractivity contribution in [1.29, 1.82) is 0 Å². The number of halogens is 3. The summed E-state index contributed by atoms with van der Waals surface area (Å²) >= 11 is 0. The molecule has 2 atom stereocenters. The highest BCUT2D eigenvalue weighted by atomic mass is 19.4. The van der Waals surface area contributed by atoms with E-state index in [0.717, 1.165) is 6.07 Å². The summed E-state index contributed by atoms with van der Waals surface area (Å²) in [5.41, 5.74) is 0.0415. The number of rotatable bonds is 3. The second-order valence-electron chi connectivity index (χ2n) is 8.69. The molecular formula is C22H28F3N3O4. The molecule has 0 aromatic heterocycles. The van der Waals surface area contributed by atoms with E-state index < -0.39 is 11.7 Å². The Morgan fingerprint density at radius 1 is 1.19 bits per heavy atom. The first-order valence-corrected chi connectivity index (χ1v) is 10.9. The van der Waals surface area contributed by atoms with Gasteiger partial charge in [-0.1, -0.05) is 12.1 Å². The number of likely N-dealkylation sites (tertiary alicyclic amines) is 2. The van der Waals surface area contributed by atoms with Crippen LogP contribution >= 0.6 is 0 Å². The highest BCUT2D eigenvalue weighted by Crippen LogP contribution is 2.32. The number of ether oxygens (including phenoxy) is 2. The SMILES string of the molecule is Cc1ccc(COC2CCN(C(=O)N3CC[C@@H]4OCC(=O)N[C@@H]4C3)CC2)cc1C(F)(F)F. The number of alkyl halides is 3. The number of hydrogen-bond donors (Lipinski definition) is 1. The molecule has 1 aromatic carbocycles. The van der Waals surface area contributed by atoms with Gasteiger partial charge in [-0.2, -0.15) is 13.2 Å². The van der Waals surface area contributed by atoms with Crippen LogP contribution in [0.4, 0.5) is 18.0 Å². The van der Waals surface area contributed by atoms with Gasteiger partial charge >= 0.3 is 12.2 Å². The van der Waals surface area contributed by atoms with E-state index in [1.807, 2.05) is 0 Å². The molecule has 7 nitrogen and oxygen atoms in total. The summed E-state index contributed by atoms with van der Waals surface area (Å²) in [6.45, 7) is 3.69. The Balaban J connectivity index is 1.25. The summed E-state index contributed by atoms with van der Waals surface area (Å²) in [5, 5.41) is 2.90. The Kier molecular flexibility index (Phi) is 6.62. The van der Waals surface area contributed by atoms with Crippen molar-refractivity contribution in [3.63, 3.8) is 0 Å². The van der Waals surface area contributed by atoms with E-state index in [2.05, 4.69) is 5.32 Å². The molecule has 3 aliphatic heterocycles. The summed E-state index contributed by atoms with van der Waals surface area (Å²) in [5.74, 6) is -0.158. The Hall–Kier alpha value is -2.33. The number of carbonyl (C=O) groups excluding carboxylic acids is 2. The molecule has 10 heteroatoms. The molecular weight excluding hydrogens is 427 g/mol. The fourth-order valence-electron chi connectivity index (χ4n) is 4.57. The first-order chi connectivity index (χ1) is 15.2. The van der Waals surface area contributed by atoms with Crippen molar-refractivity contribution in [1.82, 2.24) is 15.1 Å². The molecule has 4 rings (SSSR count). The van der Waals surface area contributed by atoms with Crippen LogP contribution in [0.1, 0.15) is 36.0 Å². The molecule has 1 aromatic rings. The monoisotopic (exact) mass is 455 g/mol. The van der Waals surface area contributed by atoms with Crippen molar-refractivity contribution in [3.8, 4) is 0 Å². The van der Waals surface area contributed by atoms with Gasteiger partial charge in [-0.05, 0) is 43.4 Å². The van der Waals surface area contributed by atoms with Crippen molar-refractivity contribution in [2.75, 3.05) is 32.8 Å². The van der Waals surface area contributed by atoms with E-state index in [1.165, 1.54) is 13.0 Å². The summed E-state index contributed by atoms with van der Waals surface area (Å²) in [7, 11) is 0. The van der Waals surface area contributed by atoms with Crippen molar-refractivity contribution >= 4 is 11.9 Å². The fraction of sp³-hybridized carbons (Fsp3) is 0.636. The zero-order valence-electron chi connectivity index (χ0n) is 18.0. The van der Waals surface area contributed by atoms with Crippen LogP contribution in [0.25, 0.3) is 0 Å². The molecule has 3 amide bonds. The first-order valence-electron chi connectivity index (χ1n) is 10.9. The first kappa shape index (κ1) is 22.8. The average molecular weight is 455 g/mol. The number of aryl methyl sites for hydroxylation is 1. The number of hydrogen-bond acceptors (Lipinski definition) is 4. The Morgan fingerprint density at radius 2 is 1.91 bits per heavy atom. The molecule has 0 saturated carbocycles. The Morgan fingerprint density at radius 3 is 2.62 bits per heavy atom. The molecule has 3 heterocycles. The maximum absolute atomic E-state index is 13.1. The minimum Gasteiger partial charge on any atom is -0.373 e.